The van der Waals surface area contributed by atoms with Crippen LogP contribution in [0.3, 0.4) is 0 Å². The van der Waals surface area contributed by atoms with Gasteiger partial charge >= 0.3 is 5.97 Å². The van der Waals surface area contributed by atoms with Gasteiger partial charge in [-0.1, -0.05) is 23.7 Å². The molecule has 0 saturated heterocycles. The standard InChI is InChI=1S/C35H43ClN4O5/c1-22(2)45-31-18-29-25(16-30(31)43-4)17-33(41)40(35(29)24-8-10-26(36)11-9-24)28-14-15-32(38-19-28)39(3)21-23-6-12-27(13-7-23)37-20-34(42)44-5/h8-11,14-16,18-19,22-23,27,35,37H,6-7,12-13,17,20-21H2,1-5H3/t23?,27?,35-/m0/s1. The van der Waals surface area contributed by atoms with Gasteiger partial charge in [0, 0.05) is 24.7 Å². The summed E-state index contributed by atoms with van der Waals surface area (Å²) >= 11 is 6.26. The van der Waals surface area contributed by atoms with E-state index in [9.17, 15) is 9.59 Å². The Balaban J connectivity index is 1.36. The summed E-state index contributed by atoms with van der Waals surface area (Å²) in [4.78, 5) is 34.1. The van der Waals surface area contributed by atoms with Crippen LogP contribution in [0, 0.1) is 5.92 Å². The molecule has 1 fully saturated rings. The molecule has 1 amide bonds. The zero-order valence-electron chi connectivity index (χ0n) is 26.7. The average molecular weight is 635 g/mol. The highest BCUT2D eigenvalue weighted by molar-refractivity contribution is 6.30. The Morgan fingerprint density at radius 1 is 1.07 bits per heavy atom. The second-order valence-corrected chi connectivity index (χ2v) is 12.6. The number of carbonyl (C=O) groups is 2. The van der Waals surface area contributed by atoms with Crippen LogP contribution in [-0.4, -0.2) is 63.4 Å². The van der Waals surface area contributed by atoms with Crippen molar-refractivity contribution >= 4 is 35.0 Å². The van der Waals surface area contributed by atoms with E-state index in [1.165, 1.54) is 7.11 Å². The number of methoxy groups -OCH3 is 2. The molecule has 0 bridgehead atoms. The van der Waals surface area contributed by atoms with Gasteiger partial charge in [0.2, 0.25) is 5.91 Å². The first kappa shape index (κ1) is 32.6. The van der Waals surface area contributed by atoms with E-state index >= 15 is 0 Å². The van der Waals surface area contributed by atoms with E-state index < -0.39 is 6.04 Å². The maximum absolute atomic E-state index is 13.8. The van der Waals surface area contributed by atoms with E-state index in [0.717, 1.165) is 60.4 Å². The first-order valence-corrected chi connectivity index (χ1v) is 16.0. The normalized spacial score (nSPS) is 19.7. The topological polar surface area (TPSA) is 93.2 Å². The predicted octanol–water partition coefficient (Wildman–Crippen LogP) is 5.97. The van der Waals surface area contributed by atoms with Crippen LogP contribution in [0.1, 0.15) is 62.3 Å². The van der Waals surface area contributed by atoms with E-state index in [1.54, 1.807) is 13.3 Å². The van der Waals surface area contributed by atoms with Crippen molar-refractivity contribution in [3.63, 3.8) is 0 Å². The molecule has 9 nitrogen and oxygen atoms in total. The van der Waals surface area contributed by atoms with Gasteiger partial charge in [-0.2, -0.15) is 0 Å². The molecule has 0 radical (unpaired) electrons. The number of rotatable bonds is 11. The smallest absolute Gasteiger partial charge is 0.319 e. The quantitative estimate of drug-likeness (QED) is 0.258. The van der Waals surface area contributed by atoms with Crippen LogP contribution in [0.5, 0.6) is 11.5 Å². The Bertz CT molecular complexity index is 1470. The van der Waals surface area contributed by atoms with Crippen molar-refractivity contribution in [3.05, 3.63) is 76.4 Å². The summed E-state index contributed by atoms with van der Waals surface area (Å²) in [6, 6.07) is 15.5. The molecule has 1 aromatic heterocycles. The highest BCUT2D eigenvalue weighted by Gasteiger charge is 2.36. The Kier molecular flexibility index (Phi) is 10.5. The summed E-state index contributed by atoms with van der Waals surface area (Å²) in [6.07, 6.45) is 6.21. The van der Waals surface area contributed by atoms with Crippen LogP contribution in [-0.2, 0) is 20.7 Å². The number of halogens is 1. The van der Waals surface area contributed by atoms with E-state index in [2.05, 4.69) is 17.3 Å². The van der Waals surface area contributed by atoms with Crippen LogP contribution in [0.4, 0.5) is 11.5 Å². The number of pyridine rings is 1. The Labute approximate surface area is 270 Å². The van der Waals surface area contributed by atoms with Gasteiger partial charge in [0.15, 0.2) is 11.5 Å². The number of aromatic nitrogens is 1. The van der Waals surface area contributed by atoms with Gasteiger partial charge in [0.25, 0.3) is 0 Å². The maximum atomic E-state index is 13.8. The zero-order valence-corrected chi connectivity index (χ0v) is 27.5. The third-order valence-corrected chi connectivity index (χ3v) is 8.93. The highest BCUT2D eigenvalue weighted by atomic mass is 35.5. The average Bonchev–Trinajstić information content (AvgIpc) is 3.04. The van der Waals surface area contributed by atoms with Gasteiger partial charge in [-0.15, -0.1) is 0 Å². The van der Waals surface area contributed by atoms with E-state index in [1.807, 2.05) is 67.3 Å². The van der Waals surface area contributed by atoms with E-state index in [-0.39, 0.29) is 30.9 Å². The van der Waals surface area contributed by atoms with Gasteiger partial charge in [0.05, 0.1) is 51.2 Å². The molecule has 10 heteroatoms. The van der Waals surface area contributed by atoms with Gasteiger partial charge in [0.1, 0.15) is 5.82 Å². The lowest BCUT2D eigenvalue weighted by Gasteiger charge is -2.38. The Hall–Kier alpha value is -3.82. The summed E-state index contributed by atoms with van der Waals surface area (Å²) in [5.74, 6) is 2.40. The van der Waals surface area contributed by atoms with Crippen molar-refractivity contribution in [3.8, 4) is 11.5 Å². The monoisotopic (exact) mass is 634 g/mol. The molecule has 1 aliphatic heterocycles. The van der Waals surface area contributed by atoms with Crippen LogP contribution in [0.15, 0.2) is 54.7 Å². The minimum Gasteiger partial charge on any atom is -0.493 e. The molecule has 1 atom stereocenters. The number of esters is 1. The van der Waals surface area contributed by atoms with E-state index in [4.69, 9.17) is 30.8 Å². The lowest BCUT2D eigenvalue weighted by atomic mass is 9.85. The highest BCUT2D eigenvalue weighted by Crippen LogP contribution is 2.44. The summed E-state index contributed by atoms with van der Waals surface area (Å²) < 4.78 is 16.5. The minimum absolute atomic E-state index is 0.0255. The number of nitrogens with zero attached hydrogens (tertiary/aromatic N) is 3. The van der Waals surface area contributed by atoms with E-state index in [0.29, 0.717) is 28.5 Å². The molecular weight excluding hydrogens is 592 g/mol. The van der Waals surface area contributed by atoms with Gasteiger partial charge in [-0.05, 0) is 98.5 Å². The molecular formula is C35H43ClN4O5. The Morgan fingerprint density at radius 3 is 2.42 bits per heavy atom. The second-order valence-electron chi connectivity index (χ2n) is 12.2. The number of ether oxygens (including phenoxy) is 3. The fraction of sp³-hybridized carbons (Fsp3) is 0.457. The number of nitrogens with one attached hydrogen (secondary N) is 1. The summed E-state index contributed by atoms with van der Waals surface area (Å²) in [5, 5.41) is 3.94. The first-order valence-electron chi connectivity index (χ1n) is 15.6. The fourth-order valence-electron chi connectivity index (χ4n) is 6.41. The van der Waals surface area contributed by atoms with Crippen LogP contribution in [0.25, 0.3) is 0 Å². The van der Waals surface area contributed by atoms with Crippen molar-refractivity contribution in [2.45, 2.75) is 64.1 Å². The number of benzene rings is 2. The fourth-order valence-corrected chi connectivity index (χ4v) is 6.53. The molecule has 2 aliphatic rings. The molecule has 0 unspecified atom stereocenters. The SMILES string of the molecule is COC(=O)CNC1CCC(CN(C)c2ccc(N3C(=O)Cc4cc(OC)c(OC(C)C)cc4[C@@H]3c3ccc(Cl)cc3)cn2)CC1. The van der Waals surface area contributed by atoms with Crippen LogP contribution in [0.2, 0.25) is 5.02 Å². The Morgan fingerprint density at radius 2 is 1.80 bits per heavy atom. The van der Waals surface area contributed by atoms with Gasteiger partial charge in [-0.25, -0.2) is 4.98 Å². The molecule has 0 spiro atoms. The number of hydrogen-bond acceptors (Lipinski definition) is 8. The lowest BCUT2D eigenvalue weighted by Crippen LogP contribution is -2.41. The molecule has 3 aromatic rings. The van der Waals surface area contributed by atoms with Crippen molar-refractivity contribution in [2.75, 3.05) is 44.2 Å². The van der Waals surface area contributed by atoms with Crippen molar-refractivity contribution in [1.29, 1.82) is 0 Å². The largest absolute Gasteiger partial charge is 0.493 e. The molecule has 5 rings (SSSR count). The number of fused-ring (bicyclic) bond motifs is 1. The summed E-state index contributed by atoms with van der Waals surface area (Å²) in [5.41, 5.74) is 3.55. The number of amides is 1. The summed E-state index contributed by atoms with van der Waals surface area (Å²) in [7, 11) is 5.09. The number of hydrogen-bond donors (Lipinski definition) is 1. The molecule has 2 aromatic carbocycles. The molecule has 45 heavy (non-hydrogen) atoms. The third-order valence-electron chi connectivity index (χ3n) is 8.68. The maximum Gasteiger partial charge on any atom is 0.319 e. The second kappa shape index (κ2) is 14.5. The molecule has 2 heterocycles. The third kappa shape index (κ3) is 7.71. The van der Waals surface area contributed by atoms with Crippen molar-refractivity contribution in [2.24, 2.45) is 5.92 Å². The number of anilines is 2. The molecule has 1 saturated carbocycles. The zero-order chi connectivity index (χ0) is 32.1. The predicted molar refractivity (Wildman–Crippen MR) is 177 cm³/mol. The molecule has 1 N–H and O–H groups in total. The van der Waals surface area contributed by atoms with Crippen molar-refractivity contribution in [1.82, 2.24) is 10.3 Å². The van der Waals surface area contributed by atoms with Crippen LogP contribution < -0.4 is 24.6 Å². The van der Waals surface area contributed by atoms with Gasteiger partial charge < -0.3 is 24.4 Å². The lowest BCUT2D eigenvalue weighted by molar-refractivity contribution is -0.139. The van der Waals surface area contributed by atoms with Crippen molar-refractivity contribution < 1.29 is 23.8 Å². The molecule has 240 valence electrons. The minimum atomic E-state index is -0.396. The molecule has 1 aliphatic carbocycles. The first-order chi connectivity index (χ1) is 21.7. The van der Waals surface area contributed by atoms with Crippen LogP contribution >= 0.6 is 11.6 Å². The summed E-state index contributed by atoms with van der Waals surface area (Å²) in [6.45, 7) is 5.10. The van der Waals surface area contributed by atoms with Gasteiger partial charge in [-0.3, -0.25) is 14.5 Å². The number of carbonyl (C=O) groups excluding carboxylic acids is 2.